The summed E-state index contributed by atoms with van der Waals surface area (Å²) in [5, 5.41) is 12.2. The summed E-state index contributed by atoms with van der Waals surface area (Å²) in [4.78, 5) is 1.32. The van der Waals surface area contributed by atoms with Gasteiger partial charge >= 0.3 is 0 Å². The van der Waals surface area contributed by atoms with Crippen molar-refractivity contribution in [3.05, 3.63) is 52.2 Å². The molecule has 1 atom stereocenters. The minimum absolute atomic E-state index is 0.401. The van der Waals surface area contributed by atoms with Gasteiger partial charge in [-0.3, -0.25) is 0 Å². The van der Waals surface area contributed by atoms with E-state index in [-0.39, 0.29) is 0 Å². The van der Waals surface area contributed by atoms with Crippen LogP contribution in [0.15, 0.2) is 41.8 Å². The normalized spacial score (nSPS) is 12.3. The molecule has 0 radical (unpaired) electrons. The van der Waals surface area contributed by atoms with Crippen molar-refractivity contribution in [2.75, 3.05) is 6.61 Å². The predicted octanol–water partition coefficient (Wildman–Crippen LogP) is 4.20. The van der Waals surface area contributed by atoms with Crippen LogP contribution in [0.1, 0.15) is 36.3 Å². The Kier molecular flexibility index (Phi) is 5.43. The van der Waals surface area contributed by atoms with E-state index in [0.29, 0.717) is 0 Å². The van der Waals surface area contributed by atoms with Gasteiger partial charge in [-0.2, -0.15) is 0 Å². The second kappa shape index (κ2) is 7.31. The second-order valence-corrected chi connectivity index (χ2v) is 5.58. The number of benzene rings is 1. The van der Waals surface area contributed by atoms with E-state index >= 15 is 0 Å². The Morgan fingerprint density at radius 1 is 1.21 bits per heavy atom. The molecular formula is C16H20O2S. The van der Waals surface area contributed by atoms with Gasteiger partial charge in [0.15, 0.2) is 0 Å². The molecule has 0 fully saturated rings. The first-order valence-electron chi connectivity index (χ1n) is 6.73. The first-order chi connectivity index (χ1) is 9.29. The van der Waals surface area contributed by atoms with Gasteiger partial charge in [-0.05, 0) is 48.4 Å². The summed E-state index contributed by atoms with van der Waals surface area (Å²) < 4.78 is 5.53. The van der Waals surface area contributed by atoms with E-state index in [2.05, 4.69) is 18.4 Å². The largest absolute Gasteiger partial charge is 0.494 e. The monoisotopic (exact) mass is 276 g/mol. The molecular weight excluding hydrogens is 256 g/mol. The van der Waals surface area contributed by atoms with Crippen molar-refractivity contribution in [1.82, 2.24) is 0 Å². The number of hydrogen-bond acceptors (Lipinski definition) is 3. The summed E-state index contributed by atoms with van der Waals surface area (Å²) in [6, 6.07) is 11.9. The zero-order chi connectivity index (χ0) is 13.5. The molecule has 19 heavy (non-hydrogen) atoms. The van der Waals surface area contributed by atoms with Crippen molar-refractivity contribution in [1.29, 1.82) is 0 Å². The maximum atomic E-state index is 10.2. The molecule has 0 aliphatic carbocycles. The number of aliphatic hydroxyl groups excluding tert-OH is 1. The molecule has 0 saturated carbocycles. The third-order valence-corrected chi connectivity index (χ3v) is 3.92. The van der Waals surface area contributed by atoms with Gasteiger partial charge in [-0.15, -0.1) is 11.3 Å². The SMILES string of the molecule is CCCOc1ccc(C(O)CCc2cccs2)cc1. The fourth-order valence-electron chi connectivity index (χ4n) is 1.91. The fourth-order valence-corrected chi connectivity index (χ4v) is 2.63. The highest BCUT2D eigenvalue weighted by Crippen LogP contribution is 2.23. The third-order valence-electron chi connectivity index (χ3n) is 2.98. The number of ether oxygens (including phenoxy) is 1. The Bertz CT molecular complexity index is 462. The summed E-state index contributed by atoms with van der Waals surface area (Å²) in [5.41, 5.74) is 0.959. The van der Waals surface area contributed by atoms with Crippen LogP contribution in [0.5, 0.6) is 5.75 Å². The second-order valence-electron chi connectivity index (χ2n) is 4.55. The minimum Gasteiger partial charge on any atom is -0.494 e. The van der Waals surface area contributed by atoms with Crippen molar-refractivity contribution in [2.24, 2.45) is 0 Å². The van der Waals surface area contributed by atoms with Gasteiger partial charge in [-0.25, -0.2) is 0 Å². The standard InChI is InChI=1S/C16H20O2S/c1-2-11-18-14-7-5-13(6-8-14)16(17)10-9-15-4-3-12-19-15/h3-8,12,16-17H,2,9-11H2,1H3. The molecule has 0 amide bonds. The summed E-state index contributed by atoms with van der Waals surface area (Å²) in [6.07, 6.45) is 2.29. The van der Waals surface area contributed by atoms with Crippen LogP contribution in [-0.4, -0.2) is 11.7 Å². The third kappa shape index (κ3) is 4.37. The van der Waals surface area contributed by atoms with Crippen LogP contribution in [0.4, 0.5) is 0 Å². The maximum Gasteiger partial charge on any atom is 0.119 e. The van der Waals surface area contributed by atoms with Gasteiger partial charge in [0.1, 0.15) is 5.75 Å². The van der Waals surface area contributed by atoms with Gasteiger partial charge in [0, 0.05) is 4.88 Å². The van der Waals surface area contributed by atoms with Crippen molar-refractivity contribution in [2.45, 2.75) is 32.3 Å². The molecule has 1 heterocycles. The molecule has 1 N–H and O–H groups in total. The molecule has 2 rings (SSSR count). The Hall–Kier alpha value is -1.32. The van der Waals surface area contributed by atoms with E-state index in [1.54, 1.807) is 11.3 Å². The van der Waals surface area contributed by atoms with Crippen molar-refractivity contribution >= 4 is 11.3 Å². The summed E-state index contributed by atoms with van der Waals surface area (Å²) in [5.74, 6) is 0.871. The zero-order valence-electron chi connectivity index (χ0n) is 11.2. The number of aryl methyl sites for hydroxylation is 1. The van der Waals surface area contributed by atoms with E-state index in [1.807, 2.05) is 30.3 Å². The highest BCUT2D eigenvalue weighted by molar-refractivity contribution is 7.09. The van der Waals surface area contributed by atoms with Crippen molar-refractivity contribution in [3.8, 4) is 5.75 Å². The number of hydrogen-bond donors (Lipinski definition) is 1. The van der Waals surface area contributed by atoms with Crippen LogP contribution in [0.25, 0.3) is 0 Å². The van der Waals surface area contributed by atoms with E-state index < -0.39 is 6.10 Å². The van der Waals surface area contributed by atoms with E-state index in [9.17, 15) is 5.11 Å². The Morgan fingerprint density at radius 3 is 2.63 bits per heavy atom. The molecule has 2 nitrogen and oxygen atoms in total. The minimum atomic E-state index is -0.401. The molecule has 3 heteroatoms. The molecule has 0 bridgehead atoms. The summed E-state index contributed by atoms with van der Waals surface area (Å²) in [6.45, 7) is 2.82. The molecule has 1 unspecified atom stereocenters. The molecule has 0 saturated heterocycles. The molecule has 0 aliphatic rings. The van der Waals surface area contributed by atoms with Gasteiger partial charge in [0.2, 0.25) is 0 Å². The zero-order valence-corrected chi connectivity index (χ0v) is 12.0. The first-order valence-corrected chi connectivity index (χ1v) is 7.60. The van der Waals surface area contributed by atoms with E-state index in [1.165, 1.54) is 4.88 Å². The van der Waals surface area contributed by atoms with E-state index in [0.717, 1.165) is 37.2 Å². The summed E-state index contributed by atoms with van der Waals surface area (Å²) in [7, 11) is 0. The van der Waals surface area contributed by atoms with Crippen LogP contribution in [0.2, 0.25) is 0 Å². The van der Waals surface area contributed by atoms with Crippen LogP contribution in [0.3, 0.4) is 0 Å². The number of aliphatic hydroxyl groups is 1. The highest BCUT2D eigenvalue weighted by Gasteiger charge is 2.08. The molecule has 1 aromatic heterocycles. The van der Waals surface area contributed by atoms with Crippen LogP contribution in [-0.2, 0) is 6.42 Å². The Labute approximate surface area is 118 Å². The number of rotatable bonds is 7. The molecule has 0 aliphatic heterocycles. The highest BCUT2D eigenvalue weighted by atomic mass is 32.1. The predicted molar refractivity (Wildman–Crippen MR) is 79.8 cm³/mol. The van der Waals surface area contributed by atoms with E-state index in [4.69, 9.17) is 4.74 Å². The first kappa shape index (κ1) is 14.1. The van der Waals surface area contributed by atoms with Gasteiger partial charge in [0.05, 0.1) is 12.7 Å². The quantitative estimate of drug-likeness (QED) is 0.821. The van der Waals surface area contributed by atoms with Crippen LogP contribution < -0.4 is 4.74 Å². The molecule has 102 valence electrons. The molecule has 0 spiro atoms. The van der Waals surface area contributed by atoms with Crippen molar-refractivity contribution in [3.63, 3.8) is 0 Å². The lowest BCUT2D eigenvalue weighted by molar-refractivity contribution is 0.168. The van der Waals surface area contributed by atoms with Gasteiger partial charge in [-0.1, -0.05) is 25.1 Å². The average molecular weight is 276 g/mol. The average Bonchev–Trinajstić information content (AvgIpc) is 2.96. The maximum absolute atomic E-state index is 10.2. The van der Waals surface area contributed by atoms with Crippen molar-refractivity contribution < 1.29 is 9.84 Å². The topological polar surface area (TPSA) is 29.5 Å². The fraction of sp³-hybridized carbons (Fsp3) is 0.375. The smallest absolute Gasteiger partial charge is 0.119 e. The Morgan fingerprint density at radius 2 is 2.00 bits per heavy atom. The van der Waals surface area contributed by atoms with Crippen LogP contribution >= 0.6 is 11.3 Å². The number of thiophene rings is 1. The van der Waals surface area contributed by atoms with Gasteiger partial charge in [0.25, 0.3) is 0 Å². The van der Waals surface area contributed by atoms with Crippen LogP contribution in [0, 0.1) is 0 Å². The lowest BCUT2D eigenvalue weighted by atomic mass is 10.0. The lowest BCUT2D eigenvalue weighted by Crippen LogP contribution is -2.00. The van der Waals surface area contributed by atoms with Gasteiger partial charge < -0.3 is 9.84 Å². The lowest BCUT2D eigenvalue weighted by Gasteiger charge is -2.11. The summed E-state index contributed by atoms with van der Waals surface area (Å²) >= 11 is 1.74. The Balaban J connectivity index is 1.86. The molecule has 2 aromatic rings. The molecule has 1 aromatic carbocycles.